The number of rotatable bonds is 9. The molecule has 3 aromatic carbocycles. The maximum absolute atomic E-state index is 13.0. The van der Waals surface area contributed by atoms with Crippen molar-refractivity contribution in [1.82, 2.24) is 15.2 Å². The number of hydrogen-bond acceptors (Lipinski definition) is 7. The molecule has 1 aromatic heterocycles. The fourth-order valence-corrected chi connectivity index (χ4v) is 5.54. The van der Waals surface area contributed by atoms with Gasteiger partial charge in [0.1, 0.15) is 18.9 Å². The third kappa shape index (κ3) is 6.50. The van der Waals surface area contributed by atoms with Crippen LogP contribution < -0.4 is 24.8 Å². The molecule has 0 bridgehead atoms. The monoisotopic (exact) mass is 564 g/mol. The zero-order chi connectivity index (χ0) is 28.7. The molecule has 8 nitrogen and oxygen atoms in total. The van der Waals surface area contributed by atoms with Gasteiger partial charge in [-0.25, -0.2) is 4.98 Å². The summed E-state index contributed by atoms with van der Waals surface area (Å²) in [7, 11) is 1.59. The topological polar surface area (TPSA) is 85.0 Å². The number of aromatic nitrogens is 1. The number of para-hydroxylation sites is 1. The number of likely N-dealkylation sites (tertiary alicyclic amines) is 1. The van der Waals surface area contributed by atoms with Crippen LogP contribution in [-0.4, -0.2) is 55.7 Å². The van der Waals surface area contributed by atoms with Crippen LogP contribution in [0.4, 0.5) is 11.4 Å². The van der Waals surface area contributed by atoms with Crippen molar-refractivity contribution in [2.45, 2.75) is 19.4 Å². The standard InChI is InChI=1S/C34H36N4O4/c1-40-34-30(14-13-29(37-34)28-11-6-12-31-32(28)42-20-19-41-31)36-27-10-5-9-26(21-27)33(39)35-22-24-15-17-38(18-16-24)23-25-7-3-2-4-8-25/h2-14,21,24,36H,15-20,22-23H2,1H3,(H,35,39). The van der Waals surface area contributed by atoms with Gasteiger partial charge in [0.15, 0.2) is 11.5 Å². The van der Waals surface area contributed by atoms with Gasteiger partial charge in [-0.2, -0.15) is 0 Å². The molecule has 2 aliphatic heterocycles. The Hall–Kier alpha value is -4.56. The lowest BCUT2D eigenvalue weighted by Crippen LogP contribution is -2.38. The van der Waals surface area contributed by atoms with E-state index in [9.17, 15) is 4.79 Å². The van der Waals surface area contributed by atoms with Crippen molar-refractivity contribution in [2.75, 3.05) is 45.3 Å². The van der Waals surface area contributed by atoms with Crippen molar-refractivity contribution in [3.63, 3.8) is 0 Å². The number of hydrogen-bond donors (Lipinski definition) is 2. The summed E-state index contributed by atoms with van der Waals surface area (Å²) in [5, 5.41) is 6.51. The number of anilines is 2. The highest BCUT2D eigenvalue weighted by Gasteiger charge is 2.21. The van der Waals surface area contributed by atoms with Crippen LogP contribution in [0.2, 0.25) is 0 Å². The van der Waals surface area contributed by atoms with E-state index < -0.39 is 0 Å². The Labute approximate surface area is 246 Å². The largest absolute Gasteiger partial charge is 0.486 e. The van der Waals surface area contributed by atoms with Crippen molar-refractivity contribution >= 4 is 17.3 Å². The molecular formula is C34H36N4O4. The summed E-state index contributed by atoms with van der Waals surface area (Å²) in [6.07, 6.45) is 2.17. The Balaban J connectivity index is 1.06. The minimum atomic E-state index is -0.0677. The Bertz CT molecular complexity index is 1520. The predicted molar refractivity (Wildman–Crippen MR) is 164 cm³/mol. The molecule has 2 N–H and O–H groups in total. The van der Waals surface area contributed by atoms with Gasteiger partial charge in [-0.3, -0.25) is 9.69 Å². The van der Waals surface area contributed by atoms with Gasteiger partial charge in [-0.05, 0) is 79.9 Å². The van der Waals surface area contributed by atoms with Crippen LogP contribution in [0.1, 0.15) is 28.8 Å². The molecule has 216 valence electrons. The molecule has 3 heterocycles. The average molecular weight is 565 g/mol. The Morgan fingerprint density at radius 2 is 1.76 bits per heavy atom. The minimum Gasteiger partial charge on any atom is -0.486 e. The van der Waals surface area contributed by atoms with Crippen molar-refractivity contribution < 1.29 is 19.0 Å². The lowest BCUT2D eigenvalue weighted by molar-refractivity contribution is 0.0935. The Morgan fingerprint density at radius 1 is 0.952 bits per heavy atom. The number of amides is 1. The van der Waals surface area contributed by atoms with Gasteiger partial charge in [-0.1, -0.05) is 42.5 Å². The van der Waals surface area contributed by atoms with Gasteiger partial charge in [0.2, 0.25) is 5.88 Å². The lowest BCUT2D eigenvalue weighted by atomic mass is 9.96. The maximum Gasteiger partial charge on any atom is 0.251 e. The first-order valence-corrected chi connectivity index (χ1v) is 14.5. The molecule has 0 radical (unpaired) electrons. The second kappa shape index (κ2) is 13.0. The fourth-order valence-electron chi connectivity index (χ4n) is 5.54. The van der Waals surface area contributed by atoms with Gasteiger partial charge < -0.3 is 24.8 Å². The fraction of sp³-hybridized carbons (Fsp3) is 0.294. The number of pyridine rings is 1. The Kier molecular flexibility index (Phi) is 8.51. The molecule has 8 heteroatoms. The average Bonchev–Trinajstić information content (AvgIpc) is 3.05. The molecule has 0 saturated carbocycles. The van der Waals surface area contributed by atoms with Crippen LogP contribution in [-0.2, 0) is 6.54 Å². The Morgan fingerprint density at radius 3 is 2.60 bits per heavy atom. The molecule has 2 aliphatic rings. The lowest BCUT2D eigenvalue weighted by Gasteiger charge is -2.32. The molecule has 0 unspecified atom stereocenters. The van der Waals surface area contributed by atoms with Crippen molar-refractivity contribution in [3.05, 3.63) is 96.1 Å². The van der Waals surface area contributed by atoms with E-state index in [0.29, 0.717) is 54.3 Å². The summed E-state index contributed by atoms with van der Waals surface area (Å²) in [6, 6.07) is 27.7. The maximum atomic E-state index is 13.0. The molecule has 1 amide bonds. The molecule has 0 atom stereocenters. The first kappa shape index (κ1) is 27.6. The van der Waals surface area contributed by atoms with E-state index in [0.717, 1.165) is 49.4 Å². The van der Waals surface area contributed by atoms with Crippen LogP contribution in [0, 0.1) is 5.92 Å². The first-order valence-electron chi connectivity index (χ1n) is 14.5. The smallest absolute Gasteiger partial charge is 0.251 e. The highest BCUT2D eigenvalue weighted by atomic mass is 16.6. The van der Waals surface area contributed by atoms with Crippen LogP contribution >= 0.6 is 0 Å². The third-order valence-electron chi connectivity index (χ3n) is 7.81. The van der Waals surface area contributed by atoms with E-state index >= 15 is 0 Å². The SMILES string of the molecule is COc1nc(-c2cccc3c2OCCO3)ccc1Nc1cccc(C(=O)NCC2CCN(Cc3ccccc3)CC2)c1. The number of nitrogens with one attached hydrogen (secondary N) is 2. The van der Waals surface area contributed by atoms with E-state index in [1.165, 1.54) is 5.56 Å². The zero-order valence-corrected chi connectivity index (χ0v) is 23.8. The number of ether oxygens (including phenoxy) is 3. The van der Waals surface area contributed by atoms with E-state index in [2.05, 4.69) is 45.9 Å². The summed E-state index contributed by atoms with van der Waals surface area (Å²) in [5.41, 5.74) is 5.00. The molecule has 0 aliphatic carbocycles. The molecule has 0 spiro atoms. The number of carbonyl (C=O) groups is 1. The summed E-state index contributed by atoms with van der Waals surface area (Å²) in [6.45, 7) is 4.81. The van der Waals surface area contributed by atoms with Crippen molar-refractivity contribution in [1.29, 1.82) is 0 Å². The highest BCUT2D eigenvalue weighted by Crippen LogP contribution is 2.40. The predicted octanol–water partition coefficient (Wildman–Crippen LogP) is 5.91. The molecule has 6 rings (SSSR count). The van der Waals surface area contributed by atoms with Crippen LogP contribution in [0.25, 0.3) is 11.3 Å². The minimum absolute atomic E-state index is 0.0677. The summed E-state index contributed by atoms with van der Waals surface area (Å²) < 4.78 is 17.2. The second-order valence-electron chi connectivity index (χ2n) is 10.7. The summed E-state index contributed by atoms with van der Waals surface area (Å²) in [5.74, 6) is 2.27. The number of nitrogens with zero attached hydrogens (tertiary/aromatic N) is 2. The molecule has 42 heavy (non-hydrogen) atoms. The van der Waals surface area contributed by atoms with Crippen LogP contribution in [0.5, 0.6) is 17.4 Å². The number of benzene rings is 3. The molecule has 1 fully saturated rings. The van der Waals surface area contributed by atoms with Gasteiger partial charge in [-0.15, -0.1) is 0 Å². The van der Waals surface area contributed by atoms with E-state index in [1.54, 1.807) is 7.11 Å². The van der Waals surface area contributed by atoms with E-state index in [4.69, 9.17) is 19.2 Å². The van der Waals surface area contributed by atoms with Gasteiger partial charge in [0.25, 0.3) is 5.91 Å². The van der Waals surface area contributed by atoms with E-state index in [-0.39, 0.29) is 5.91 Å². The second-order valence-corrected chi connectivity index (χ2v) is 10.7. The molecule has 4 aromatic rings. The van der Waals surface area contributed by atoms with Crippen molar-refractivity contribution in [2.24, 2.45) is 5.92 Å². The quantitative estimate of drug-likeness (QED) is 0.261. The normalized spacial score (nSPS) is 15.2. The summed E-state index contributed by atoms with van der Waals surface area (Å²) in [4.78, 5) is 20.3. The summed E-state index contributed by atoms with van der Waals surface area (Å²) >= 11 is 0. The van der Waals surface area contributed by atoms with Crippen molar-refractivity contribution in [3.8, 4) is 28.6 Å². The number of carbonyl (C=O) groups excluding carboxylic acids is 1. The third-order valence-corrected chi connectivity index (χ3v) is 7.81. The van der Waals surface area contributed by atoms with Gasteiger partial charge in [0, 0.05) is 29.9 Å². The molecular weight excluding hydrogens is 528 g/mol. The van der Waals surface area contributed by atoms with Crippen LogP contribution in [0.15, 0.2) is 84.9 Å². The number of fused-ring (bicyclic) bond motifs is 1. The van der Waals surface area contributed by atoms with Gasteiger partial charge >= 0.3 is 0 Å². The first-order chi connectivity index (χ1) is 20.7. The van der Waals surface area contributed by atoms with E-state index in [1.807, 2.05) is 54.6 Å². The molecule has 1 saturated heterocycles. The van der Waals surface area contributed by atoms with Crippen LogP contribution in [0.3, 0.4) is 0 Å². The van der Waals surface area contributed by atoms with Gasteiger partial charge in [0.05, 0.1) is 12.8 Å². The number of piperidine rings is 1. The zero-order valence-electron chi connectivity index (χ0n) is 23.8. The number of methoxy groups -OCH3 is 1. The highest BCUT2D eigenvalue weighted by molar-refractivity contribution is 5.95.